The quantitative estimate of drug-likeness (QED) is 0.180. The highest BCUT2D eigenvalue weighted by molar-refractivity contribution is 5.94. The lowest BCUT2D eigenvalue weighted by Gasteiger charge is -2.08. The summed E-state index contributed by atoms with van der Waals surface area (Å²) in [6.45, 7) is 0. The molecule has 3 rings (SSSR count). The van der Waals surface area contributed by atoms with Gasteiger partial charge in [-0.3, -0.25) is 25.2 Å². The second-order valence-corrected chi connectivity index (χ2v) is 6.11. The van der Waals surface area contributed by atoms with E-state index in [1.54, 1.807) is 42.5 Å². The number of aliphatic imine (C=N–C) groups is 1. The molecule has 0 atom stereocenters. The molecule has 0 N–H and O–H groups in total. The molecular weight excluding hydrogens is 406 g/mol. The molecule has 0 radical (unpaired) electrons. The van der Waals surface area contributed by atoms with Crippen LogP contribution in [-0.4, -0.2) is 29.1 Å². The topological polar surface area (TPSA) is 134 Å². The van der Waals surface area contributed by atoms with Crippen LogP contribution in [0, 0.1) is 20.2 Å². The lowest BCUT2D eigenvalue weighted by atomic mass is 10.1. The first kappa shape index (κ1) is 21.1. The molecular formula is C21H15N3O7. The van der Waals surface area contributed by atoms with Crippen LogP contribution < -0.4 is 9.47 Å². The maximum Gasteiger partial charge on any atom is 0.344 e. The molecule has 0 saturated carbocycles. The average Bonchev–Trinajstić information content (AvgIpc) is 2.78. The van der Waals surface area contributed by atoms with Gasteiger partial charge in [0.1, 0.15) is 17.2 Å². The maximum absolute atomic E-state index is 12.6. The Balaban J connectivity index is 1.91. The summed E-state index contributed by atoms with van der Waals surface area (Å²) in [6.07, 6.45) is 1.47. The normalized spacial score (nSPS) is 10.6. The van der Waals surface area contributed by atoms with Crippen LogP contribution in [0.3, 0.4) is 0 Å². The molecule has 0 heterocycles. The number of ether oxygens (including phenoxy) is 2. The molecule has 3 aromatic rings. The number of methoxy groups -OCH3 is 1. The van der Waals surface area contributed by atoms with Crippen molar-refractivity contribution in [3.63, 3.8) is 0 Å². The summed E-state index contributed by atoms with van der Waals surface area (Å²) < 4.78 is 10.6. The van der Waals surface area contributed by atoms with Crippen LogP contribution in [0.15, 0.2) is 71.7 Å². The van der Waals surface area contributed by atoms with Crippen molar-refractivity contribution in [2.24, 2.45) is 4.99 Å². The average molecular weight is 421 g/mol. The predicted molar refractivity (Wildman–Crippen MR) is 111 cm³/mol. The number of carbonyl (C=O) groups excluding carboxylic acids is 1. The fourth-order valence-electron chi connectivity index (χ4n) is 2.64. The Morgan fingerprint density at radius 2 is 1.48 bits per heavy atom. The van der Waals surface area contributed by atoms with E-state index in [0.29, 0.717) is 17.0 Å². The zero-order valence-corrected chi connectivity index (χ0v) is 16.1. The summed E-state index contributed by atoms with van der Waals surface area (Å²) in [5.74, 6) is -0.303. The van der Waals surface area contributed by atoms with Crippen LogP contribution in [0.25, 0.3) is 0 Å². The fourth-order valence-corrected chi connectivity index (χ4v) is 2.64. The third-order valence-corrected chi connectivity index (χ3v) is 4.11. The lowest BCUT2D eigenvalue weighted by Crippen LogP contribution is -2.11. The van der Waals surface area contributed by atoms with Gasteiger partial charge in [0, 0.05) is 23.9 Å². The van der Waals surface area contributed by atoms with E-state index in [4.69, 9.17) is 9.47 Å². The number of esters is 1. The number of hydrogen-bond acceptors (Lipinski definition) is 8. The Bertz CT molecular complexity index is 1160. The minimum absolute atomic E-state index is 0.125. The fraction of sp³-hybridized carbons (Fsp3) is 0.0476. The van der Waals surface area contributed by atoms with Gasteiger partial charge in [-0.05, 0) is 24.3 Å². The van der Waals surface area contributed by atoms with Crippen LogP contribution >= 0.6 is 0 Å². The standard InChI is InChI=1S/C21H15N3O7/c1-30-20-9-5-3-7-18(20)22-13-14-6-2-4-8-19(14)31-21(25)15-10-16(23(26)27)12-17(11-15)24(28)29/h2-13H,1H3. The van der Waals surface area contributed by atoms with Crippen molar-refractivity contribution in [2.45, 2.75) is 0 Å². The molecule has 10 nitrogen and oxygen atoms in total. The molecule has 156 valence electrons. The summed E-state index contributed by atoms with van der Waals surface area (Å²) in [6, 6.07) is 16.2. The number of para-hydroxylation sites is 3. The molecule has 0 spiro atoms. The zero-order chi connectivity index (χ0) is 22.4. The van der Waals surface area contributed by atoms with Crippen LogP contribution in [-0.2, 0) is 0 Å². The highest BCUT2D eigenvalue weighted by Crippen LogP contribution is 2.28. The molecule has 0 aliphatic heterocycles. The van der Waals surface area contributed by atoms with Gasteiger partial charge in [-0.2, -0.15) is 0 Å². The molecule has 0 fully saturated rings. The van der Waals surface area contributed by atoms with Gasteiger partial charge in [0.25, 0.3) is 11.4 Å². The maximum atomic E-state index is 12.6. The number of nitrogens with zero attached hydrogens (tertiary/aromatic N) is 3. The molecule has 0 unspecified atom stereocenters. The van der Waals surface area contributed by atoms with Crippen molar-refractivity contribution >= 4 is 29.2 Å². The van der Waals surface area contributed by atoms with Crippen molar-refractivity contribution in [3.8, 4) is 11.5 Å². The first-order valence-electron chi connectivity index (χ1n) is 8.81. The summed E-state index contributed by atoms with van der Waals surface area (Å²) >= 11 is 0. The van der Waals surface area contributed by atoms with Gasteiger partial charge in [-0.25, -0.2) is 4.79 Å². The highest BCUT2D eigenvalue weighted by Gasteiger charge is 2.21. The van der Waals surface area contributed by atoms with Gasteiger partial charge in [-0.1, -0.05) is 24.3 Å². The van der Waals surface area contributed by atoms with Gasteiger partial charge in [-0.15, -0.1) is 0 Å². The predicted octanol–water partition coefficient (Wildman–Crippen LogP) is 4.48. The van der Waals surface area contributed by atoms with E-state index in [9.17, 15) is 25.0 Å². The van der Waals surface area contributed by atoms with Crippen molar-refractivity contribution < 1.29 is 24.1 Å². The van der Waals surface area contributed by atoms with Crippen molar-refractivity contribution in [3.05, 3.63) is 98.1 Å². The number of hydrogen-bond donors (Lipinski definition) is 0. The molecule has 3 aromatic carbocycles. The van der Waals surface area contributed by atoms with Crippen LogP contribution in [0.5, 0.6) is 11.5 Å². The third-order valence-electron chi connectivity index (χ3n) is 4.11. The Morgan fingerprint density at radius 1 is 0.903 bits per heavy atom. The number of non-ortho nitro benzene ring substituents is 2. The lowest BCUT2D eigenvalue weighted by molar-refractivity contribution is -0.394. The Labute approximate surface area is 175 Å². The molecule has 0 bridgehead atoms. The molecule has 0 aromatic heterocycles. The minimum Gasteiger partial charge on any atom is -0.494 e. The Morgan fingerprint density at radius 3 is 2.10 bits per heavy atom. The first-order chi connectivity index (χ1) is 14.9. The number of nitro groups is 2. The Kier molecular flexibility index (Phi) is 6.31. The molecule has 0 amide bonds. The van der Waals surface area contributed by atoms with E-state index in [-0.39, 0.29) is 11.3 Å². The van der Waals surface area contributed by atoms with Crippen LogP contribution in [0.4, 0.5) is 17.1 Å². The second kappa shape index (κ2) is 9.27. The SMILES string of the molecule is COc1ccccc1N=Cc1ccccc1OC(=O)c1cc([N+](=O)[O-])cc([N+](=O)[O-])c1. The molecule has 31 heavy (non-hydrogen) atoms. The van der Waals surface area contributed by atoms with E-state index >= 15 is 0 Å². The van der Waals surface area contributed by atoms with Crippen LogP contribution in [0.2, 0.25) is 0 Å². The monoisotopic (exact) mass is 421 g/mol. The van der Waals surface area contributed by atoms with Gasteiger partial charge in [0.15, 0.2) is 0 Å². The molecule has 0 aliphatic carbocycles. The Hall–Kier alpha value is -4.60. The summed E-state index contributed by atoms with van der Waals surface area (Å²) in [7, 11) is 1.52. The molecule has 10 heteroatoms. The second-order valence-electron chi connectivity index (χ2n) is 6.11. The number of carbonyl (C=O) groups is 1. The van der Waals surface area contributed by atoms with E-state index in [1.807, 2.05) is 0 Å². The zero-order valence-electron chi connectivity index (χ0n) is 16.1. The van der Waals surface area contributed by atoms with Gasteiger partial charge >= 0.3 is 5.97 Å². The van der Waals surface area contributed by atoms with E-state index in [2.05, 4.69) is 4.99 Å². The van der Waals surface area contributed by atoms with E-state index in [0.717, 1.165) is 18.2 Å². The van der Waals surface area contributed by atoms with Crippen molar-refractivity contribution in [1.82, 2.24) is 0 Å². The smallest absolute Gasteiger partial charge is 0.344 e. The van der Waals surface area contributed by atoms with Crippen LogP contribution in [0.1, 0.15) is 15.9 Å². The number of rotatable bonds is 7. The van der Waals surface area contributed by atoms with Gasteiger partial charge < -0.3 is 9.47 Å². The summed E-state index contributed by atoms with van der Waals surface area (Å²) in [5, 5.41) is 22.1. The summed E-state index contributed by atoms with van der Waals surface area (Å²) in [4.78, 5) is 37.3. The molecule has 0 aliphatic rings. The van der Waals surface area contributed by atoms with E-state index in [1.165, 1.54) is 19.4 Å². The third kappa shape index (κ3) is 5.07. The minimum atomic E-state index is -0.982. The van der Waals surface area contributed by atoms with Gasteiger partial charge in [0.2, 0.25) is 0 Å². The van der Waals surface area contributed by atoms with Crippen molar-refractivity contribution in [2.75, 3.05) is 7.11 Å². The number of benzene rings is 3. The van der Waals surface area contributed by atoms with Crippen molar-refractivity contribution in [1.29, 1.82) is 0 Å². The van der Waals surface area contributed by atoms with Gasteiger partial charge in [0.05, 0.1) is 28.6 Å². The number of nitro benzene ring substituents is 2. The highest BCUT2D eigenvalue weighted by atomic mass is 16.6. The first-order valence-corrected chi connectivity index (χ1v) is 8.81. The molecule has 0 saturated heterocycles. The largest absolute Gasteiger partial charge is 0.494 e. The summed E-state index contributed by atoms with van der Waals surface area (Å²) in [5.41, 5.74) is -0.501. The van der Waals surface area contributed by atoms with E-state index < -0.39 is 27.2 Å².